The summed E-state index contributed by atoms with van der Waals surface area (Å²) in [6.45, 7) is 4.66. The number of aromatic amines is 1. The molecule has 1 saturated carbocycles. The zero-order valence-electron chi connectivity index (χ0n) is 15.9. The zero-order chi connectivity index (χ0) is 20.4. The summed E-state index contributed by atoms with van der Waals surface area (Å²) in [5, 5.41) is 5.25. The Morgan fingerprint density at radius 3 is 2.61 bits per heavy atom. The number of amides is 3. The van der Waals surface area contributed by atoms with Crippen LogP contribution in [0.5, 0.6) is 0 Å². The number of ether oxygens (including phenoxy) is 1. The monoisotopic (exact) mass is 406 g/mol. The molecule has 10 heteroatoms. The number of fused-ring (bicyclic) bond motifs is 1. The minimum absolute atomic E-state index is 0.0703. The van der Waals surface area contributed by atoms with Crippen LogP contribution in [0.4, 0.5) is 4.79 Å². The van der Waals surface area contributed by atoms with E-state index >= 15 is 0 Å². The maximum Gasteiger partial charge on any atom is 0.349 e. The molecule has 0 radical (unpaired) electrons. The number of aryl methyl sites for hydroxylation is 2. The number of urea groups is 1. The van der Waals surface area contributed by atoms with Crippen molar-refractivity contribution in [3.63, 3.8) is 0 Å². The molecular weight excluding hydrogens is 384 g/mol. The van der Waals surface area contributed by atoms with E-state index < -0.39 is 24.0 Å². The summed E-state index contributed by atoms with van der Waals surface area (Å²) in [6.07, 6.45) is 2.73. The van der Waals surface area contributed by atoms with Gasteiger partial charge in [-0.15, -0.1) is 11.3 Å². The second-order valence-electron chi connectivity index (χ2n) is 6.88. The molecule has 0 aliphatic heterocycles. The van der Waals surface area contributed by atoms with E-state index in [1.807, 2.05) is 0 Å². The van der Waals surface area contributed by atoms with Crippen molar-refractivity contribution in [2.24, 2.45) is 0 Å². The SMILES string of the molecule is Cc1nc2sc(C(=O)O[C@@H](C)C(=O)NC(=O)NC3CCCC3)c(C)c2c(=O)[nH]1. The van der Waals surface area contributed by atoms with Gasteiger partial charge in [0.1, 0.15) is 15.5 Å². The van der Waals surface area contributed by atoms with Crippen LogP contribution >= 0.6 is 11.3 Å². The number of carbonyl (C=O) groups excluding carboxylic acids is 3. The van der Waals surface area contributed by atoms with E-state index in [1.54, 1.807) is 13.8 Å². The smallest absolute Gasteiger partial charge is 0.349 e. The van der Waals surface area contributed by atoms with Crippen LogP contribution in [0.1, 0.15) is 53.7 Å². The molecule has 1 aliphatic carbocycles. The number of carbonyl (C=O) groups is 3. The van der Waals surface area contributed by atoms with Gasteiger partial charge in [-0.3, -0.25) is 14.9 Å². The Hall–Kier alpha value is -2.75. The van der Waals surface area contributed by atoms with Crippen LogP contribution in [0.15, 0.2) is 4.79 Å². The summed E-state index contributed by atoms with van der Waals surface area (Å²) in [6, 6.07) is -0.523. The summed E-state index contributed by atoms with van der Waals surface area (Å²) in [5.41, 5.74) is 0.120. The number of nitrogens with zero attached hydrogens (tertiary/aromatic N) is 1. The average Bonchev–Trinajstić information content (AvgIpc) is 3.22. The van der Waals surface area contributed by atoms with E-state index in [-0.39, 0.29) is 16.5 Å². The lowest BCUT2D eigenvalue weighted by Gasteiger charge is -2.15. The first-order valence-electron chi connectivity index (χ1n) is 9.08. The van der Waals surface area contributed by atoms with Crippen molar-refractivity contribution in [3.8, 4) is 0 Å². The minimum Gasteiger partial charge on any atom is -0.448 e. The fourth-order valence-corrected chi connectivity index (χ4v) is 4.33. The fraction of sp³-hybridized carbons (Fsp3) is 0.500. The Labute approximate surface area is 164 Å². The predicted octanol–water partition coefficient (Wildman–Crippen LogP) is 1.92. The van der Waals surface area contributed by atoms with E-state index in [0.29, 0.717) is 21.6 Å². The van der Waals surface area contributed by atoms with Crippen molar-refractivity contribution in [1.29, 1.82) is 0 Å². The van der Waals surface area contributed by atoms with Crippen LogP contribution < -0.4 is 16.2 Å². The van der Waals surface area contributed by atoms with E-state index in [2.05, 4.69) is 20.6 Å². The summed E-state index contributed by atoms with van der Waals surface area (Å²) in [4.78, 5) is 56.1. The van der Waals surface area contributed by atoms with Crippen LogP contribution in [-0.4, -0.2) is 40.0 Å². The molecule has 0 bridgehead atoms. The largest absolute Gasteiger partial charge is 0.448 e. The van der Waals surface area contributed by atoms with Gasteiger partial charge >= 0.3 is 12.0 Å². The molecule has 2 aromatic heterocycles. The highest BCUT2D eigenvalue weighted by molar-refractivity contribution is 7.20. The van der Waals surface area contributed by atoms with E-state index in [4.69, 9.17) is 4.74 Å². The van der Waals surface area contributed by atoms with Crippen molar-refractivity contribution >= 4 is 39.5 Å². The van der Waals surface area contributed by atoms with E-state index in [0.717, 1.165) is 37.0 Å². The van der Waals surface area contributed by atoms with Crippen LogP contribution in [0.3, 0.4) is 0 Å². The number of esters is 1. The van der Waals surface area contributed by atoms with Crippen molar-refractivity contribution < 1.29 is 19.1 Å². The van der Waals surface area contributed by atoms with Gasteiger partial charge in [-0.25, -0.2) is 14.6 Å². The number of aromatic nitrogens is 2. The highest BCUT2D eigenvalue weighted by Crippen LogP contribution is 2.27. The van der Waals surface area contributed by atoms with Crippen molar-refractivity contribution in [3.05, 3.63) is 26.6 Å². The molecule has 0 unspecified atom stereocenters. The Morgan fingerprint density at radius 2 is 1.93 bits per heavy atom. The molecule has 28 heavy (non-hydrogen) atoms. The molecule has 9 nitrogen and oxygen atoms in total. The van der Waals surface area contributed by atoms with Gasteiger partial charge in [-0.2, -0.15) is 0 Å². The molecule has 3 amide bonds. The molecule has 3 N–H and O–H groups in total. The summed E-state index contributed by atoms with van der Waals surface area (Å²) in [5.74, 6) is -1.01. The normalized spacial score (nSPS) is 15.4. The molecule has 0 aromatic carbocycles. The molecule has 3 rings (SSSR count). The Kier molecular flexibility index (Phi) is 5.78. The third-order valence-electron chi connectivity index (χ3n) is 4.68. The molecule has 1 fully saturated rings. The second-order valence-corrected chi connectivity index (χ2v) is 7.88. The third kappa shape index (κ3) is 4.22. The number of imide groups is 1. The number of nitrogens with one attached hydrogen (secondary N) is 3. The maximum absolute atomic E-state index is 12.5. The first kappa shape index (κ1) is 20.0. The Balaban J connectivity index is 1.65. The van der Waals surface area contributed by atoms with Gasteiger partial charge in [0.25, 0.3) is 11.5 Å². The van der Waals surface area contributed by atoms with E-state index in [9.17, 15) is 19.2 Å². The first-order valence-corrected chi connectivity index (χ1v) is 9.90. The van der Waals surface area contributed by atoms with Crippen LogP contribution in [0, 0.1) is 13.8 Å². The molecule has 1 aliphatic rings. The van der Waals surface area contributed by atoms with Crippen molar-refractivity contribution in [2.45, 2.75) is 58.6 Å². The van der Waals surface area contributed by atoms with Gasteiger partial charge in [0.2, 0.25) is 0 Å². The molecule has 0 spiro atoms. The molecule has 2 heterocycles. The Morgan fingerprint density at radius 1 is 1.25 bits per heavy atom. The van der Waals surface area contributed by atoms with Gasteiger partial charge < -0.3 is 15.0 Å². The van der Waals surface area contributed by atoms with Gasteiger partial charge in [-0.1, -0.05) is 12.8 Å². The number of hydrogen-bond donors (Lipinski definition) is 3. The lowest BCUT2D eigenvalue weighted by atomic mass is 10.2. The quantitative estimate of drug-likeness (QED) is 0.665. The molecule has 2 aromatic rings. The fourth-order valence-electron chi connectivity index (χ4n) is 3.22. The van der Waals surface area contributed by atoms with Gasteiger partial charge in [0, 0.05) is 6.04 Å². The highest BCUT2D eigenvalue weighted by Gasteiger charge is 2.26. The lowest BCUT2D eigenvalue weighted by Crippen LogP contribution is -2.47. The highest BCUT2D eigenvalue weighted by atomic mass is 32.1. The number of H-pyrrole nitrogens is 1. The average molecular weight is 406 g/mol. The summed E-state index contributed by atoms with van der Waals surface area (Å²) >= 11 is 1.03. The third-order valence-corrected chi connectivity index (χ3v) is 5.85. The topological polar surface area (TPSA) is 130 Å². The van der Waals surface area contributed by atoms with Gasteiger partial charge in [0.15, 0.2) is 6.10 Å². The number of rotatable bonds is 4. The van der Waals surface area contributed by atoms with E-state index in [1.165, 1.54) is 6.92 Å². The molecular formula is C18H22N4O5S. The standard InChI is InChI=1S/C18H22N4O5S/c1-8-12-15(24)19-10(3)20-16(12)28-13(8)17(25)27-9(2)14(23)22-18(26)21-11-6-4-5-7-11/h9,11H,4-7H2,1-3H3,(H,19,20,24)(H2,21,22,23,26)/t9-/m0/s1. The Bertz CT molecular complexity index is 990. The zero-order valence-corrected chi connectivity index (χ0v) is 16.7. The minimum atomic E-state index is -1.17. The lowest BCUT2D eigenvalue weighted by molar-refractivity contribution is -0.127. The molecule has 150 valence electrons. The molecule has 0 saturated heterocycles. The van der Waals surface area contributed by atoms with Crippen LogP contribution in [0.2, 0.25) is 0 Å². The summed E-state index contributed by atoms with van der Waals surface area (Å²) < 4.78 is 5.19. The van der Waals surface area contributed by atoms with Crippen LogP contribution in [-0.2, 0) is 9.53 Å². The number of thiophene rings is 1. The predicted molar refractivity (Wildman–Crippen MR) is 104 cm³/mol. The number of hydrogen-bond acceptors (Lipinski definition) is 7. The van der Waals surface area contributed by atoms with Crippen molar-refractivity contribution in [2.75, 3.05) is 0 Å². The van der Waals surface area contributed by atoms with Crippen LogP contribution in [0.25, 0.3) is 10.2 Å². The van der Waals surface area contributed by atoms with Crippen molar-refractivity contribution in [1.82, 2.24) is 20.6 Å². The molecule has 1 atom stereocenters. The maximum atomic E-state index is 12.5. The summed E-state index contributed by atoms with van der Waals surface area (Å²) in [7, 11) is 0. The first-order chi connectivity index (χ1) is 13.3. The van der Waals surface area contributed by atoms with Gasteiger partial charge in [0.05, 0.1) is 5.39 Å². The second kappa shape index (κ2) is 8.09. The van der Waals surface area contributed by atoms with Gasteiger partial charge in [-0.05, 0) is 39.2 Å².